The summed E-state index contributed by atoms with van der Waals surface area (Å²) >= 11 is 0. The Morgan fingerprint density at radius 2 is 2.05 bits per heavy atom. The van der Waals surface area contributed by atoms with Gasteiger partial charge in [-0.05, 0) is 35.8 Å². The maximum atomic E-state index is 11.1. The molecule has 3 rings (SSSR count). The zero-order valence-electron chi connectivity index (χ0n) is 11.2. The van der Waals surface area contributed by atoms with Gasteiger partial charge in [-0.15, -0.1) is 0 Å². The van der Waals surface area contributed by atoms with Gasteiger partial charge in [0.25, 0.3) is 0 Å². The summed E-state index contributed by atoms with van der Waals surface area (Å²) in [5, 5.41) is 11.3. The molecule has 1 heterocycles. The lowest BCUT2D eigenvalue weighted by Gasteiger charge is -2.10. The van der Waals surface area contributed by atoms with Gasteiger partial charge < -0.3 is 9.67 Å². The fraction of sp³-hybridized carbons (Fsp3) is 0.235. The van der Waals surface area contributed by atoms with Gasteiger partial charge in [0.2, 0.25) is 0 Å². The summed E-state index contributed by atoms with van der Waals surface area (Å²) in [6, 6.07) is 12.4. The third kappa shape index (κ3) is 2.52. The fourth-order valence-electron chi connectivity index (χ4n) is 2.64. The minimum absolute atomic E-state index is 0.395. The number of hydrogen-bond donors (Lipinski definition) is 1. The van der Waals surface area contributed by atoms with Crippen LogP contribution in [0.25, 0.3) is 12.2 Å². The summed E-state index contributed by atoms with van der Waals surface area (Å²) < 4.78 is 2.15. The molecule has 3 heteroatoms. The van der Waals surface area contributed by atoms with E-state index in [1.165, 1.54) is 5.56 Å². The van der Waals surface area contributed by atoms with Crippen molar-refractivity contribution in [1.82, 2.24) is 4.57 Å². The highest BCUT2D eigenvalue weighted by Gasteiger charge is 2.16. The standard InChI is InChI=1S/C17H17NO2/c19-17(20)15-7-6-14-9-11-18(16(14)12-15)10-8-13-4-2-1-3-5-13/h1-6,9,11-12,15H,7-8,10H2,(H,19,20). The molecule has 1 aliphatic rings. The van der Waals surface area contributed by atoms with Crippen LogP contribution >= 0.6 is 0 Å². The molecule has 0 fully saturated rings. The second-order valence-corrected chi connectivity index (χ2v) is 5.14. The van der Waals surface area contributed by atoms with Crippen molar-refractivity contribution in [2.75, 3.05) is 0 Å². The number of carbonyl (C=O) groups is 1. The molecule has 1 aromatic heterocycles. The van der Waals surface area contributed by atoms with Crippen LogP contribution in [0.4, 0.5) is 0 Å². The Kier molecular flexibility index (Phi) is 3.42. The number of hydrogen-bond acceptors (Lipinski definition) is 1. The normalized spacial score (nSPS) is 16.9. The number of aryl methyl sites for hydroxylation is 2. The zero-order valence-corrected chi connectivity index (χ0v) is 11.2. The summed E-state index contributed by atoms with van der Waals surface area (Å²) in [5.41, 5.74) is 1.30. The van der Waals surface area contributed by atoms with E-state index < -0.39 is 11.9 Å². The second kappa shape index (κ2) is 5.37. The molecule has 0 spiro atoms. The molecule has 0 saturated carbocycles. The SMILES string of the molecule is O=C(O)C1C=c2c(ccn2CCc2ccccc2)=CC1. The van der Waals surface area contributed by atoms with Crippen LogP contribution in [0.2, 0.25) is 0 Å². The molecule has 102 valence electrons. The second-order valence-electron chi connectivity index (χ2n) is 5.14. The Morgan fingerprint density at radius 3 is 2.80 bits per heavy atom. The fourth-order valence-corrected chi connectivity index (χ4v) is 2.64. The molecule has 0 radical (unpaired) electrons. The molecule has 0 aliphatic heterocycles. The first-order valence-electron chi connectivity index (χ1n) is 6.88. The van der Waals surface area contributed by atoms with E-state index in [9.17, 15) is 4.79 Å². The van der Waals surface area contributed by atoms with Crippen molar-refractivity contribution in [1.29, 1.82) is 0 Å². The van der Waals surface area contributed by atoms with E-state index in [0.29, 0.717) is 6.42 Å². The molecular weight excluding hydrogens is 250 g/mol. The molecule has 1 aromatic carbocycles. The molecule has 1 atom stereocenters. The number of carboxylic acid groups (broad SMARTS) is 1. The molecule has 1 aliphatic carbocycles. The Balaban J connectivity index is 1.85. The van der Waals surface area contributed by atoms with Gasteiger partial charge in [-0.3, -0.25) is 4.79 Å². The van der Waals surface area contributed by atoms with Crippen molar-refractivity contribution >= 4 is 18.1 Å². The van der Waals surface area contributed by atoms with E-state index in [1.54, 1.807) is 0 Å². The molecule has 1 N–H and O–H groups in total. The third-order valence-corrected chi connectivity index (χ3v) is 3.79. The highest BCUT2D eigenvalue weighted by Crippen LogP contribution is 2.08. The number of fused-ring (bicyclic) bond motifs is 1. The van der Waals surface area contributed by atoms with Crippen LogP contribution in [0, 0.1) is 5.92 Å². The van der Waals surface area contributed by atoms with E-state index in [4.69, 9.17) is 5.11 Å². The first-order chi connectivity index (χ1) is 9.74. The summed E-state index contributed by atoms with van der Waals surface area (Å²) in [6.07, 6.45) is 7.49. The van der Waals surface area contributed by atoms with Crippen molar-refractivity contribution < 1.29 is 9.90 Å². The predicted molar refractivity (Wildman–Crippen MR) is 78.5 cm³/mol. The van der Waals surface area contributed by atoms with Gasteiger partial charge in [-0.2, -0.15) is 0 Å². The number of benzene rings is 1. The average Bonchev–Trinajstić information content (AvgIpc) is 2.88. The van der Waals surface area contributed by atoms with Gasteiger partial charge >= 0.3 is 5.97 Å². The number of carboxylic acids is 1. The van der Waals surface area contributed by atoms with E-state index in [1.807, 2.05) is 36.5 Å². The van der Waals surface area contributed by atoms with Gasteiger partial charge in [-0.25, -0.2) is 0 Å². The lowest BCUT2D eigenvalue weighted by molar-refractivity contribution is -0.139. The number of aromatic nitrogens is 1. The minimum atomic E-state index is -0.747. The van der Waals surface area contributed by atoms with Crippen molar-refractivity contribution in [3.8, 4) is 0 Å². The summed E-state index contributed by atoms with van der Waals surface area (Å²) in [6.45, 7) is 0.871. The van der Waals surface area contributed by atoms with Crippen molar-refractivity contribution in [3.05, 3.63) is 58.7 Å². The molecule has 0 bridgehead atoms. The molecule has 2 aromatic rings. The van der Waals surface area contributed by atoms with Crippen LogP contribution < -0.4 is 10.6 Å². The molecular formula is C17H17NO2. The highest BCUT2D eigenvalue weighted by molar-refractivity contribution is 5.78. The molecule has 3 nitrogen and oxygen atoms in total. The van der Waals surface area contributed by atoms with Gasteiger partial charge in [0.05, 0.1) is 5.92 Å². The van der Waals surface area contributed by atoms with Crippen molar-refractivity contribution in [2.45, 2.75) is 19.4 Å². The predicted octanol–water partition coefficient (Wildman–Crippen LogP) is 1.40. The zero-order chi connectivity index (χ0) is 13.9. The van der Waals surface area contributed by atoms with Crippen molar-refractivity contribution in [3.63, 3.8) is 0 Å². The Labute approximate surface area is 117 Å². The van der Waals surface area contributed by atoms with Gasteiger partial charge in [0.15, 0.2) is 0 Å². The van der Waals surface area contributed by atoms with Crippen LogP contribution in [-0.2, 0) is 17.8 Å². The Bertz CT molecular complexity index is 728. The van der Waals surface area contributed by atoms with E-state index in [2.05, 4.69) is 22.8 Å². The van der Waals surface area contributed by atoms with Crippen LogP contribution in [0.15, 0.2) is 42.6 Å². The van der Waals surface area contributed by atoms with Crippen LogP contribution in [-0.4, -0.2) is 15.6 Å². The smallest absolute Gasteiger partial charge is 0.310 e. The van der Waals surface area contributed by atoms with Crippen LogP contribution in [0.3, 0.4) is 0 Å². The van der Waals surface area contributed by atoms with E-state index >= 15 is 0 Å². The topological polar surface area (TPSA) is 42.2 Å². The lowest BCUT2D eigenvalue weighted by atomic mass is 10.0. The number of nitrogens with zero attached hydrogens (tertiary/aromatic N) is 1. The third-order valence-electron chi connectivity index (χ3n) is 3.79. The lowest BCUT2D eigenvalue weighted by Crippen LogP contribution is -2.34. The first kappa shape index (κ1) is 12.7. The summed E-state index contributed by atoms with van der Waals surface area (Å²) in [7, 11) is 0. The minimum Gasteiger partial charge on any atom is -0.481 e. The highest BCUT2D eigenvalue weighted by atomic mass is 16.4. The van der Waals surface area contributed by atoms with Crippen LogP contribution in [0.5, 0.6) is 0 Å². The Hall–Kier alpha value is -2.29. The molecule has 20 heavy (non-hydrogen) atoms. The monoisotopic (exact) mass is 267 g/mol. The maximum Gasteiger partial charge on any atom is 0.310 e. The first-order valence-corrected chi connectivity index (χ1v) is 6.88. The summed E-state index contributed by atoms with van der Waals surface area (Å²) in [4.78, 5) is 11.1. The molecule has 0 saturated heterocycles. The average molecular weight is 267 g/mol. The summed E-state index contributed by atoms with van der Waals surface area (Å²) in [5.74, 6) is -1.14. The number of aliphatic carboxylic acids is 1. The van der Waals surface area contributed by atoms with Crippen molar-refractivity contribution in [2.24, 2.45) is 5.92 Å². The largest absolute Gasteiger partial charge is 0.481 e. The number of rotatable bonds is 4. The van der Waals surface area contributed by atoms with E-state index in [0.717, 1.165) is 23.5 Å². The Morgan fingerprint density at radius 1 is 1.25 bits per heavy atom. The maximum absolute atomic E-state index is 11.1. The van der Waals surface area contributed by atoms with Gasteiger partial charge in [-0.1, -0.05) is 36.4 Å². The van der Waals surface area contributed by atoms with Gasteiger partial charge in [0.1, 0.15) is 0 Å². The molecule has 0 amide bonds. The molecule has 1 unspecified atom stereocenters. The van der Waals surface area contributed by atoms with Crippen LogP contribution in [0.1, 0.15) is 12.0 Å². The van der Waals surface area contributed by atoms with E-state index in [-0.39, 0.29) is 0 Å². The quantitative estimate of drug-likeness (QED) is 0.909. The van der Waals surface area contributed by atoms with Gasteiger partial charge in [0, 0.05) is 18.1 Å².